The number of hydrogen-bond acceptors (Lipinski definition) is 15. The molecule has 9 saturated carbocycles. The molecular formula is C80H76F3N15O5. The van der Waals surface area contributed by atoms with E-state index in [9.17, 15) is 33.2 Å². The van der Waals surface area contributed by atoms with Gasteiger partial charge in [0.15, 0.2) is 23.2 Å². The van der Waals surface area contributed by atoms with Crippen LogP contribution in [0.15, 0.2) is 145 Å². The topological polar surface area (TPSA) is 281 Å². The van der Waals surface area contributed by atoms with Gasteiger partial charge in [0.25, 0.3) is 0 Å². The van der Waals surface area contributed by atoms with Crippen LogP contribution in [0.1, 0.15) is 114 Å². The second kappa shape index (κ2) is 28.0. The molecule has 9 fully saturated rings. The van der Waals surface area contributed by atoms with Gasteiger partial charge in [0.2, 0.25) is 0 Å². The van der Waals surface area contributed by atoms with E-state index in [1.54, 1.807) is 25.4 Å². The number of nitrogens with zero attached hydrogens (tertiary/aromatic N) is 10. The first-order valence-corrected chi connectivity index (χ1v) is 35.8. The first-order chi connectivity index (χ1) is 50.1. The molecule has 21 rings (SSSR count). The van der Waals surface area contributed by atoms with Crippen LogP contribution >= 0.6 is 0 Å². The fraction of sp³-hybridized carbons (Fsp3) is 0.350. The van der Waals surface area contributed by atoms with Crippen LogP contribution in [0.4, 0.5) is 30.7 Å². The summed E-state index contributed by atoms with van der Waals surface area (Å²) in [5.74, 6) is 11.3. The number of carboxylic acids is 1. The molecule has 0 aliphatic heterocycles. The first kappa shape index (κ1) is 66.4. The molecule has 2 aromatic carbocycles. The number of nitro groups is 1. The van der Waals surface area contributed by atoms with Crippen molar-refractivity contribution in [1.29, 1.82) is 0 Å². The number of pyridine rings is 3. The predicted molar refractivity (Wildman–Crippen MR) is 386 cm³/mol. The van der Waals surface area contributed by atoms with Crippen LogP contribution in [0.5, 0.6) is 0 Å². The summed E-state index contributed by atoms with van der Waals surface area (Å²) >= 11 is 0. The Labute approximate surface area is 591 Å². The van der Waals surface area contributed by atoms with Crippen molar-refractivity contribution < 1.29 is 32.4 Å². The van der Waals surface area contributed by atoms with Crippen LogP contribution in [0.2, 0.25) is 0 Å². The number of aromatic nitrogens is 12. The molecule has 10 heterocycles. The quantitative estimate of drug-likeness (QED) is 0.0355. The zero-order chi connectivity index (χ0) is 70.6. The molecule has 0 amide bonds. The third-order valence-electron chi connectivity index (χ3n) is 23.0. The Hall–Kier alpha value is -11.2. The van der Waals surface area contributed by atoms with Crippen molar-refractivity contribution in [3.05, 3.63) is 190 Å². The molecular weight excluding hydrogens is 1310 g/mol. The third kappa shape index (κ3) is 13.6. The summed E-state index contributed by atoms with van der Waals surface area (Å²) in [7, 11) is 0. The van der Waals surface area contributed by atoms with Gasteiger partial charge in [0, 0.05) is 92.5 Å². The van der Waals surface area contributed by atoms with Gasteiger partial charge in [0.05, 0.1) is 35.8 Å². The number of aryl methyl sites for hydroxylation is 1. The van der Waals surface area contributed by atoms with Gasteiger partial charge in [0.1, 0.15) is 62.3 Å². The Bertz CT molecular complexity index is 5220. The Kier molecular flexibility index (Phi) is 18.1. The highest BCUT2D eigenvalue weighted by atomic mass is 19.1. The third-order valence-corrected chi connectivity index (χ3v) is 23.0. The number of carboxylic acid groups (broad SMARTS) is 1. The van der Waals surface area contributed by atoms with E-state index in [0.29, 0.717) is 127 Å². The SMILES string of the molecule is C[C@H]1C2CCC(CC2)[C@@H]1Nc1cc(C#Cc2ccccc2)nc(-c2c[nH]c3ncc(F)cc23)n1.Cc1nc2[nH]cc(-c3nc(NC4C5CCC(CC5)C4C)cc(-c4ccccc4)n3)c2cc1F.O=C(O)[C@H]1C2CCC(CC2)[C@@H]1Cc1cc(-c2ccc([N+](=O)[O-])o2)nc(-c2c[nH]c3ncc(F)cc23)n1. The minimum atomic E-state index is -0.774. The molecule has 10 aromatic heterocycles. The lowest BCUT2D eigenvalue weighted by Crippen LogP contribution is -2.47. The fourth-order valence-corrected chi connectivity index (χ4v) is 17.6. The average Bonchev–Trinajstić information content (AvgIpc) is 1.74. The molecule has 9 aliphatic rings. The van der Waals surface area contributed by atoms with Crippen LogP contribution in [-0.4, -0.2) is 87.9 Å². The monoisotopic (exact) mass is 1380 g/mol. The molecule has 0 saturated heterocycles. The molecule has 6 N–H and O–H groups in total. The number of anilines is 2. The van der Waals surface area contributed by atoms with Crippen LogP contribution in [0.3, 0.4) is 0 Å². The Morgan fingerprint density at radius 1 is 0.573 bits per heavy atom. The molecule has 20 nitrogen and oxygen atoms in total. The van der Waals surface area contributed by atoms with Gasteiger partial charge in [-0.2, -0.15) is 0 Å². The van der Waals surface area contributed by atoms with E-state index < -0.39 is 34.3 Å². The first-order valence-electron chi connectivity index (χ1n) is 35.8. The summed E-state index contributed by atoms with van der Waals surface area (Å²) in [6, 6.07) is 33.5. The number of benzene rings is 2. The smallest absolute Gasteiger partial charge is 0.433 e. The maximum absolute atomic E-state index is 14.4. The zero-order valence-corrected chi connectivity index (χ0v) is 57.1. The van der Waals surface area contributed by atoms with Crippen molar-refractivity contribution in [2.24, 2.45) is 59.2 Å². The van der Waals surface area contributed by atoms with Crippen molar-refractivity contribution in [3.8, 4) is 68.7 Å². The van der Waals surface area contributed by atoms with Crippen molar-refractivity contribution >= 4 is 56.6 Å². The van der Waals surface area contributed by atoms with Gasteiger partial charge in [-0.15, -0.1) is 0 Å². The zero-order valence-electron chi connectivity index (χ0n) is 57.1. The number of carbonyl (C=O) groups is 1. The van der Waals surface area contributed by atoms with Crippen molar-refractivity contribution in [2.45, 2.75) is 116 Å². The molecule has 0 spiro atoms. The summed E-state index contributed by atoms with van der Waals surface area (Å²) in [4.78, 5) is 73.3. The van der Waals surface area contributed by atoms with E-state index >= 15 is 0 Å². The fourth-order valence-electron chi connectivity index (χ4n) is 17.6. The number of H-pyrrole nitrogens is 3. The molecule has 6 bridgehead atoms. The standard InChI is InChI=1S/C28H26FN5.C27H28FN5.C25H22FN5O5/c1-17-19-8-10-20(11-9-19)26(17)33-25-14-22(12-7-18-5-3-2-4-6-18)32-28(34-25)24-16-31-27-23(24)13-21(29)15-30-27;1-15-17-8-10-19(11-9-17)25(15)32-24-13-23(18-6-4-3-5-7-18)31-27(33-24)21-14-29-26-20(21)12-22(28)16(2)30-26;26-14-7-17-18(11-28-23(17)27-10-14)24-29-15(9-19(30-24)20-5-6-21(36-20)31(34)35)8-16-12-1-3-13(4-2-12)22(16)25(32)33/h2-6,13-17,19-20,26H,8-11H2,1H3,(H,30,31)(H,32,33,34);3-7,12-15,17,19,25H,8-11H2,1-2H3,(H,29,30)(H,31,32,33);5-7,9-13,16,22H,1-4,8H2,(H,27,28)(H,32,33)/t17-,19?,20?,26+;;12?,13?,16-,22-/m0.0/s1. The van der Waals surface area contributed by atoms with Crippen molar-refractivity contribution in [3.63, 3.8) is 0 Å². The molecule has 9 aliphatic carbocycles. The summed E-state index contributed by atoms with van der Waals surface area (Å²) in [5.41, 5.74) is 8.45. The highest BCUT2D eigenvalue weighted by Gasteiger charge is 2.48. The number of hydrogen-bond donors (Lipinski definition) is 6. The van der Waals surface area contributed by atoms with Gasteiger partial charge < -0.3 is 35.1 Å². The number of nitrogens with one attached hydrogen (secondary N) is 5. The second-order valence-corrected chi connectivity index (χ2v) is 28.8. The lowest BCUT2D eigenvalue weighted by Gasteiger charge is -2.47. The van der Waals surface area contributed by atoms with Gasteiger partial charge in [-0.25, -0.2) is 58.0 Å². The summed E-state index contributed by atoms with van der Waals surface area (Å²) in [6.07, 6.45) is 22.4. The van der Waals surface area contributed by atoms with Crippen LogP contribution in [0, 0.1) is 106 Å². The molecule has 522 valence electrons. The van der Waals surface area contributed by atoms with Crippen LogP contribution in [-0.2, 0) is 11.2 Å². The second-order valence-electron chi connectivity index (χ2n) is 28.8. The van der Waals surface area contributed by atoms with Gasteiger partial charge >= 0.3 is 11.9 Å². The van der Waals surface area contributed by atoms with E-state index in [1.807, 2.05) is 66.9 Å². The predicted octanol–water partition coefficient (Wildman–Crippen LogP) is 17.2. The summed E-state index contributed by atoms with van der Waals surface area (Å²) < 4.78 is 47.7. The normalized spacial score (nSPS) is 23.7. The number of fused-ring (bicyclic) bond motifs is 12. The lowest BCUT2D eigenvalue weighted by atomic mass is 9.57. The number of halogens is 3. The molecule has 2 unspecified atom stereocenters. The van der Waals surface area contributed by atoms with E-state index in [-0.39, 0.29) is 29.2 Å². The highest BCUT2D eigenvalue weighted by molar-refractivity contribution is 5.94. The molecule has 23 heteroatoms. The van der Waals surface area contributed by atoms with Crippen molar-refractivity contribution in [2.75, 3.05) is 10.6 Å². The Balaban J connectivity index is 0.000000119. The molecule has 103 heavy (non-hydrogen) atoms. The van der Waals surface area contributed by atoms with Gasteiger partial charge in [-0.05, 0) is 192 Å². The number of furan rings is 1. The molecule has 0 radical (unpaired) electrons. The minimum absolute atomic E-state index is 0.0707. The largest absolute Gasteiger partial charge is 0.481 e. The van der Waals surface area contributed by atoms with E-state index in [4.69, 9.17) is 29.3 Å². The van der Waals surface area contributed by atoms with E-state index in [0.717, 1.165) is 77.7 Å². The summed E-state index contributed by atoms with van der Waals surface area (Å²) in [6.45, 7) is 6.41. The Morgan fingerprint density at radius 2 is 1.09 bits per heavy atom. The number of rotatable bonds is 13. The lowest BCUT2D eigenvalue weighted by molar-refractivity contribution is -0.401. The maximum Gasteiger partial charge on any atom is 0.433 e. The minimum Gasteiger partial charge on any atom is -0.481 e. The molecule has 6 atom stereocenters. The van der Waals surface area contributed by atoms with Gasteiger partial charge in [-0.3, -0.25) is 14.9 Å². The van der Waals surface area contributed by atoms with E-state index in [1.165, 1.54) is 87.9 Å². The highest BCUT2D eigenvalue weighted by Crippen LogP contribution is 2.51. The molecule has 12 aromatic rings. The maximum atomic E-state index is 14.4. The Morgan fingerprint density at radius 3 is 1.66 bits per heavy atom. The average molecular weight is 1380 g/mol. The number of aromatic amines is 3. The number of aliphatic carboxylic acids is 1. The van der Waals surface area contributed by atoms with Gasteiger partial charge in [-0.1, -0.05) is 68.3 Å². The van der Waals surface area contributed by atoms with Crippen LogP contribution in [0.25, 0.3) is 90.0 Å². The van der Waals surface area contributed by atoms with E-state index in [2.05, 4.69) is 83.3 Å². The summed E-state index contributed by atoms with van der Waals surface area (Å²) in [5, 5.41) is 30.5. The van der Waals surface area contributed by atoms with Crippen molar-refractivity contribution in [1.82, 2.24) is 59.8 Å². The van der Waals surface area contributed by atoms with Crippen LogP contribution < -0.4 is 10.6 Å².